The van der Waals surface area contributed by atoms with E-state index in [0.29, 0.717) is 59.3 Å². The third kappa shape index (κ3) is 3.01. The van der Waals surface area contributed by atoms with Crippen molar-refractivity contribution in [3.63, 3.8) is 0 Å². The van der Waals surface area contributed by atoms with E-state index < -0.39 is 0 Å². The SMILES string of the molecule is CC[C@@H](C(C)C)[C@H]1O[C@@H]1[C@@H](C)[C@H]1CC[C@H]2[C@@H]3CC(=O)[C@H]4C[C@@H]5O[C@@H]5C[C@]4(C)[C@H]3CC[C@]12C. The number of ketones is 1. The van der Waals surface area contributed by atoms with E-state index in [9.17, 15) is 4.79 Å². The van der Waals surface area contributed by atoms with E-state index in [1.165, 1.54) is 32.1 Å². The van der Waals surface area contributed by atoms with Crippen LogP contribution in [0.5, 0.6) is 0 Å². The lowest BCUT2D eigenvalue weighted by Crippen LogP contribution is -2.57. The van der Waals surface area contributed by atoms with Crippen LogP contribution >= 0.6 is 0 Å². The summed E-state index contributed by atoms with van der Waals surface area (Å²) in [5.74, 6) is 5.76. The summed E-state index contributed by atoms with van der Waals surface area (Å²) < 4.78 is 12.3. The van der Waals surface area contributed by atoms with Crippen molar-refractivity contribution < 1.29 is 14.3 Å². The highest BCUT2D eigenvalue weighted by Crippen LogP contribution is 2.69. The summed E-state index contributed by atoms with van der Waals surface area (Å²) >= 11 is 0. The van der Waals surface area contributed by atoms with Crippen LogP contribution in [0.25, 0.3) is 0 Å². The van der Waals surface area contributed by atoms with Gasteiger partial charge >= 0.3 is 0 Å². The lowest BCUT2D eigenvalue weighted by molar-refractivity contribution is -0.152. The van der Waals surface area contributed by atoms with Gasteiger partial charge in [0.2, 0.25) is 0 Å². The molecule has 0 N–H and O–H groups in total. The van der Waals surface area contributed by atoms with Crippen LogP contribution in [0, 0.1) is 58.2 Å². The molecule has 2 aliphatic heterocycles. The topological polar surface area (TPSA) is 42.1 Å². The summed E-state index contributed by atoms with van der Waals surface area (Å²) in [5, 5.41) is 0. The van der Waals surface area contributed by atoms with Crippen LogP contribution in [0.4, 0.5) is 0 Å². The number of hydrogen-bond donors (Lipinski definition) is 0. The standard InChI is InChI=1S/C29H46O3/c1-7-17(15(2)3)27-26(32-27)16(4)19-8-9-20-18-12-23(30)22-13-24-25(31-24)14-29(22,6)21(18)10-11-28(19,20)5/h15-22,24-27H,7-14H2,1-6H3/t16-,17-,18-,19+,20-,21-,22+,24-,25+,26+,27+,28+,29+/m0/s1. The predicted molar refractivity (Wildman–Crippen MR) is 126 cm³/mol. The first-order chi connectivity index (χ1) is 15.2. The summed E-state index contributed by atoms with van der Waals surface area (Å²) in [4.78, 5) is 13.4. The Hall–Kier alpha value is -0.410. The average molecular weight is 443 g/mol. The van der Waals surface area contributed by atoms with Crippen LogP contribution in [-0.4, -0.2) is 30.2 Å². The van der Waals surface area contributed by atoms with Crippen molar-refractivity contribution in [2.75, 3.05) is 0 Å². The number of ether oxygens (including phenoxy) is 2. The van der Waals surface area contributed by atoms with Gasteiger partial charge in [0.1, 0.15) is 5.78 Å². The van der Waals surface area contributed by atoms with E-state index in [1.54, 1.807) is 0 Å². The molecule has 0 amide bonds. The van der Waals surface area contributed by atoms with Crippen molar-refractivity contribution in [1.82, 2.24) is 0 Å². The molecule has 0 aromatic rings. The van der Waals surface area contributed by atoms with Crippen molar-refractivity contribution in [2.45, 2.75) is 117 Å². The summed E-state index contributed by atoms with van der Waals surface area (Å²) in [5.41, 5.74) is 0.590. The van der Waals surface area contributed by atoms with Crippen LogP contribution in [-0.2, 0) is 14.3 Å². The fraction of sp³-hybridized carbons (Fsp3) is 0.966. The molecular weight excluding hydrogens is 396 g/mol. The Labute approximate surface area is 195 Å². The Bertz CT molecular complexity index is 776. The molecule has 0 aromatic carbocycles. The quantitative estimate of drug-likeness (QED) is 0.470. The maximum atomic E-state index is 13.4. The number of hydrogen-bond acceptors (Lipinski definition) is 3. The zero-order chi connectivity index (χ0) is 22.6. The summed E-state index contributed by atoms with van der Waals surface area (Å²) in [6.45, 7) is 14.6. The molecule has 6 fully saturated rings. The van der Waals surface area contributed by atoms with Crippen molar-refractivity contribution >= 4 is 5.78 Å². The van der Waals surface area contributed by atoms with Gasteiger partial charge in [0.25, 0.3) is 0 Å². The maximum absolute atomic E-state index is 13.4. The number of rotatable bonds is 5. The van der Waals surface area contributed by atoms with Crippen molar-refractivity contribution in [1.29, 1.82) is 0 Å². The van der Waals surface area contributed by atoms with Gasteiger partial charge in [-0.2, -0.15) is 0 Å². The van der Waals surface area contributed by atoms with Gasteiger partial charge < -0.3 is 9.47 Å². The number of fused-ring (bicyclic) bond motifs is 6. The fourth-order valence-electron chi connectivity index (χ4n) is 10.4. The Balaban J connectivity index is 1.21. The third-order valence-electron chi connectivity index (χ3n) is 12.2. The van der Waals surface area contributed by atoms with Gasteiger partial charge in [-0.15, -0.1) is 0 Å². The Kier molecular flexibility index (Phi) is 5.03. The van der Waals surface area contributed by atoms with Gasteiger partial charge in [-0.25, -0.2) is 0 Å². The Morgan fingerprint density at radius 3 is 2.44 bits per heavy atom. The summed E-state index contributed by atoms with van der Waals surface area (Å²) in [6, 6.07) is 0. The summed E-state index contributed by atoms with van der Waals surface area (Å²) in [7, 11) is 0. The number of epoxide rings is 2. The first kappa shape index (κ1) is 22.1. The molecule has 0 unspecified atom stereocenters. The second kappa shape index (κ2) is 7.30. The average Bonchev–Trinajstić information content (AvgIpc) is 3.63. The molecule has 32 heavy (non-hydrogen) atoms. The van der Waals surface area contributed by atoms with E-state index in [4.69, 9.17) is 9.47 Å². The molecule has 2 saturated heterocycles. The van der Waals surface area contributed by atoms with Crippen molar-refractivity contribution in [3.8, 4) is 0 Å². The van der Waals surface area contributed by atoms with E-state index in [-0.39, 0.29) is 11.3 Å². The van der Waals surface area contributed by atoms with Crippen LogP contribution in [0.15, 0.2) is 0 Å². The van der Waals surface area contributed by atoms with E-state index in [0.717, 1.165) is 37.0 Å². The molecule has 4 saturated carbocycles. The van der Waals surface area contributed by atoms with Gasteiger partial charge in [0.05, 0.1) is 24.4 Å². The molecule has 0 spiro atoms. The van der Waals surface area contributed by atoms with Gasteiger partial charge in [-0.3, -0.25) is 4.79 Å². The first-order valence-electron chi connectivity index (χ1n) is 14.0. The molecule has 0 aromatic heterocycles. The van der Waals surface area contributed by atoms with Crippen LogP contribution in [0.2, 0.25) is 0 Å². The minimum absolute atomic E-state index is 0.193. The van der Waals surface area contributed by atoms with Gasteiger partial charge in [0.15, 0.2) is 0 Å². The Morgan fingerprint density at radius 1 is 0.969 bits per heavy atom. The second-order valence-electron chi connectivity index (χ2n) is 13.7. The molecule has 2 heterocycles. The first-order valence-corrected chi connectivity index (χ1v) is 14.0. The number of carbonyl (C=O) groups is 1. The third-order valence-corrected chi connectivity index (χ3v) is 12.2. The van der Waals surface area contributed by atoms with E-state index in [2.05, 4.69) is 41.5 Å². The largest absolute Gasteiger partial charge is 0.370 e. The van der Waals surface area contributed by atoms with Crippen LogP contribution in [0.1, 0.15) is 92.9 Å². The van der Waals surface area contributed by atoms with E-state index in [1.807, 2.05) is 0 Å². The molecular formula is C29H46O3. The van der Waals surface area contributed by atoms with Gasteiger partial charge in [0, 0.05) is 12.3 Å². The molecule has 3 heteroatoms. The molecule has 13 atom stereocenters. The van der Waals surface area contributed by atoms with Crippen LogP contribution < -0.4 is 0 Å². The molecule has 4 aliphatic carbocycles. The minimum Gasteiger partial charge on any atom is -0.370 e. The minimum atomic E-state index is 0.193. The van der Waals surface area contributed by atoms with Crippen molar-refractivity contribution in [2.24, 2.45) is 58.2 Å². The highest BCUT2D eigenvalue weighted by molar-refractivity contribution is 5.83. The smallest absolute Gasteiger partial charge is 0.136 e. The lowest BCUT2D eigenvalue weighted by atomic mass is 9.44. The number of Topliss-reactive ketones (excluding diaryl/α,β-unsaturated/α-hetero) is 1. The molecule has 6 rings (SSSR count). The zero-order valence-electron chi connectivity index (χ0n) is 21.3. The van der Waals surface area contributed by atoms with Crippen molar-refractivity contribution in [3.05, 3.63) is 0 Å². The van der Waals surface area contributed by atoms with Gasteiger partial charge in [-0.05, 0) is 90.8 Å². The second-order valence-corrected chi connectivity index (χ2v) is 13.7. The maximum Gasteiger partial charge on any atom is 0.136 e. The molecule has 3 nitrogen and oxygen atoms in total. The predicted octanol–water partition coefficient (Wildman–Crippen LogP) is 6.29. The Morgan fingerprint density at radius 2 is 1.72 bits per heavy atom. The monoisotopic (exact) mass is 442 g/mol. The normalized spacial score (nSPS) is 55.5. The lowest BCUT2D eigenvalue weighted by Gasteiger charge is -2.59. The molecule has 0 radical (unpaired) electrons. The fourth-order valence-corrected chi connectivity index (χ4v) is 10.4. The zero-order valence-corrected chi connectivity index (χ0v) is 21.3. The molecule has 180 valence electrons. The molecule has 0 bridgehead atoms. The van der Waals surface area contributed by atoms with Gasteiger partial charge in [-0.1, -0.05) is 48.0 Å². The highest BCUT2D eigenvalue weighted by atomic mass is 16.6. The van der Waals surface area contributed by atoms with Crippen LogP contribution in [0.3, 0.4) is 0 Å². The number of carbonyl (C=O) groups excluding carboxylic acids is 1. The van der Waals surface area contributed by atoms with E-state index >= 15 is 0 Å². The molecule has 6 aliphatic rings. The highest BCUT2D eigenvalue weighted by Gasteiger charge is 2.66. The summed E-state index contributed by atoms with van der Waals surface area (Å²) in [6.07, 6.45) is 11.4.